The van der Waals surface area contributed by atoms with Gasteiger partial charge in [0.05, 0.1) is 6.20 Å². The van der Waals surface area contributed by atoms with Crippen LogP contribution >= 0.6 is 11.6 Å². The molecule has 1 aliphatic rings. The third kappa shape index (κ3) is 2.98. The SMILES string of the molecule is Cc1cc(N2C=C=c3ccc(Cl)cc3=N2)c(O)c(C(C)(C)C)c1. The highest BCUT2D eigenvalue weighted by molar-refractivity contribution is 6.30. The Morgan fingerprint density at radius 3 is 2.61 bits per heavy atom. The Morgan fingerprint density at radius 2 is 1.91 bits per heavy atom. The molecule has 3 nitrogen and oxygen atoms in total. The third-order valence-corrected chi connectivity index (χ3v) is 4.04. The van der Waals surface area contributed by atoms with Gasteiger partial charge >= 0.3 is 0 Å². The van der Waals surface area contributed by atoms with Crippen LogP contribution in [0.4, 0.5) is 5.69 Å². The van der Waals surface area contributed by atoms with Gasteiger partial charge < -0.3 is 5.11 Å². The molecular formula is C19H19ClN2O. The fourth-order valence-corrected chi connectivity index (χ4v) is 2.78. The van der Waals surface area contributed by atoms with E-state index in [1.54, 1.807) is 17.3 Å². The summed E-state index contributed by atoms with van der Waals surface area (Å²) in [6, 6.07) is 9.42. The predicted octanol–water partition coefficient (Wildman–Crippen LogP) is 3.60. The highest BCUT2D eigenvalue weighted by Gasteiger charge is 2.23. The zero-order valence-corrected chi connectivity index (χ0v) is 14.4. The van der Waals surface area contributed by atoms with Gasteiger partial charge in [-0.25, -0.2) is 5.01 Å². The number of halogens is 1. The molecule has 3 rings (SSSR count). The van der Waals surface area contributed by atoms with Crippen molar-refractivity contribution in [2.75, 3.05) is 5.01 Å². The first kappa shape index (κ1) is 15.7. The van der Waals surface area contributed by atoms with Crippen LogP contribution in [0.25, 0.3) is 5.73 Å². The van der Waals surface area contributed by atoms with Gasteiger partial charge in [-0.3, -0.25) is 0 Å². The lowest BCUT2D eigenvalue weighted by molar-refractivity contribution is 0.446. The van der Waals surface area contributed by atoms with Crippen LogP contribution in [0.3, 0.4) is 0 Å². The summed E-state index contributed by atoms with van der Waals surface area (Å²) < 4.78 is 0. The Kier molecular flexibility index (Phi) is 3.71. The van der Waals surface area contributed by atoms with Crippen molar-refractivity contribution in [1.29, 1.82) is 0 Å². The van der Waals surface area contributed by atoms with E-state index in [2.05, 4.69) is 31.6 Å². The standard InChI is InChI=1S/C19H19ClN2O/c1-12-9-15(19(2,3)4)18(23)17(10-12)22-8-7-13-5-6-14(20)11-16(13)21-22/h5-6,8-11,23H,1-4H3. The van der Waals surface area contributed by atoms with Crippen molar-refractivity contribution in [2.45, 2.75) is 33.1 Å². The summed E-state index contributed by atoms with van der Waals surface area (Å²) in [6.07, 6.45) is 1.73. The van der Waals surface area contributed by atoms with Gasteiger partial charge in [0, 0.05) is 15.8 Å². The zero-order chi connectivity index (χ0) is 16.8. The Labute approximate surface area is 140 Å². The summed E-state index contributed by atoms with van der Waals surface area (Å²) in [5, 5.41) is 19.2. The van der Waals surface area contributed by atoms with E-state index in [0.717, 1.165) is 21.7 Å². The number of aryl methyl sites for hydroxylation is 1. The number of hydrogen-bond acceptors (Lipinski definition) is 3. The molecule has 0 aromatic heterocycles. The minimum absolute atomic E-state index is 0.157. The van der Waals surface area contributed by atoms with Crippen molar-refractivity contribution in [2.24, 2.45) is 5.10 Å². The van der Waals surface area contributed by atoms with Crippen LogP contribution in [0.15, 0.2) is 41.6 Å². The number of benzene rings is 2. The maximum absolute atomic E-state index is 10.7. The maximum Gasteiger partial charge on any atom is 0.145 e. The van der Waals surface area contributed by atoms with E-state index >= 15 is 0 Å². The minimum atomic E-state index is -0.157. The molecule has 1 heterocycles. The second-order valence-corrected chi connectivity index (χ2v) is 7.25. The molecule has 0 atom stereocenters. The molecule has 4 heteroatoms. The van der Waals surface area contributed by atoms with Crippen LogP contribution in [0, 0.1) is 6.92 Å². The summed E-state index contributed by atoms with van der Waals surface area (Å²) >= 11 is 6.05. The van der Waals surface area contributed by atoms with Crippen LogP contribution in [0.5, 0.6) is 5.75 Å². The Balaban J connectivity index is 2.20. The zero-order valence-electron chi connectivity index (χ0n) is 13.7. The monoisotopic (exact) mass is 326 g/mol. The summed E-state index contributed by atoms with van der Waals surface area (Å²) in [7, 11) is 0. The summed E-state index contributed by atoms with van der Waals surface area (Å²) in [5.74, 6) is 0.246. The number of rotatable bonds is 1. The molecule has 0 radical (unpaired) electrons. The largest absolute Gasteiger partial charge is 0.505 e. The third-order valence-electron chi connectivity index (χ3n) is 3.81. The fraction of sp³-hybridized carbons (Fsp3) is 0.263. The molecule has 23 heavy (non-hydrogen) atoms. The van der Waals surface area contributed by atoms with Crippen LogP contribution in [0.1, 0.15) is 31.9 Å². The number of nitrogens with zero attached hydrogens (tertiary/aromatic N) is 2. The summed E-state index contributed by atoms with van der Waals surface area (Å²) in [4.78, 5) is 0. The molecule has 0 unspecified atom stereocenters. The highest BCUT2D eigenvalue weighted by Crippen LogP contribution is 2.39. The van der Waals surface area contributed by atoms with Crippen molar-refractivity contribution in [3.63, 3.8) is 0 Å². The molecule has 118 valence electrons. The Morgan fingerprint density at radius 1 is 1.17 bits per heavy atom. The van der Waals surface area contributed by atoms with Crippen molar-refractivity contribution >= 4 is 23.0 Å². The van der Waals surface area contributed by atoms with Crippen LogP contribution in [-0.4, -0.2) is 5.11 Å². The average Bonchev–Trinajstić information content (AvgIpc) is 2.47. The lowest BCUT2D eigenvalue weighted by atomic mass is 9.85. The first-order valence-electron chi connectivity index (χ1n) is 7.50. The highest BCUT2D eigenvalue weighted by atomic mass is 35.5. The lowest BCUT2D eigenvalue weighted by Crippen LogP contribution is -2.30. The van der Waals surface area contributed by atoms with Gasteiger partial charge in [0.15, 0.2) is 0 Å². The van der Waals surface area contributed by atoms with E-state index in [9.17, 15) is 5.11 Å². The second kappa shape index (κ2) is 5.45. The Bertz CT molecular complexity index is 935. The van der Waals surface area contributed by atoms with Gasteiger partial charge in [0.25, 0.3) is 0 Å². The van der Waals surface area contributed by atoms with Crippen molar-refractivity contribution < 1.29 is 5.11 Å². The molecule has 2 aromatic rings. The topological polar surface area (TPSA) is 35.8 Å². The predicted molar refractivity (Wildman–Crippen MR) is 94.2 cm³/mol. The van der Waals surface area contributed by atoms with Crippen LogP contribution in [0.2, 0.25) is 5.02 Å². The molecule has 0 saturated heterocycles. The van der Waals surface area contributed by atoms with Gasteiger partial charge in [0.2, 0.25) is 0 Å². The fourth-order valence-electron chi connectivity index (χ4n) is 2.61. The number of aromatic hydroxyl groups is 1. The molecular weight excluding hydrogens is 308 g/mol. The van der Waals surface area contributed by atoms with Crippen molar-refractivity contribution in [1.82, 2.24) is 0 Å². The summed E-state index contributed by atoms with van der Waals surface area (Å²) in [5.41, 5.74) is 5.64. The maximum atomic E-state index is 10.7. The molecule has 2 aromatic carbocycles. The van der Waals surface area contributed by atoms with E-state index in [4.69, 9.17) is 11.6 Å². The number of phenols is 1. The quantitative estimate of drug-likeness (QED) is 0.869. The summed E-state index contributed by atoms with van der Waals surface area (Å²) in [6.45, 7) is 8.25. The van der Waals surface area contributed by atoms with Crippen molar-refractivity contribution in [3.05, 3.63) is 63.3 Å². The number of hydrogen-bond donors (Lipinski definition) is 1. The lowest BCUT2D eigenvalue weighted by Gasteiger charge is -2.25. The molecule has 1 aliphatic heterocycles. The first-order valence-corrected chi connectivity index (χ1v) is 7.88. The van der Waals surface area contributed by atoms with Gasteiger partial charge in [-0.15, -0.1) is 0 Å². The van der Waals surface area contributed by atoms with Gasteiger partial charge in [0.1, 0.15) is 16.8 Å². The van der Waals surface area contributed by atoms with Crippen molar-refractivity contribution in [3.8, 4) is 5.75 Å². The number of phenolic OH excluding ortho intramolecular Hbond substituents is 1. The van der Waals surface area contributed by atoms with E-state index in [1.807, 2.05) is 31.2 Å². The first-order chi connectivity index (χ1) is 10.8. The van der Waals surface area contributed by atoms with Gasteiger partial charge in [-0.2, -0.15) is 5.10 Å². The smallest absolute Gasteiger partial charge is 0.145 e. The molecule has 1 N–H and O–H groups in total. The van der Waals surface area contributed by atoms with E-state index in [-0.39, 0.29) is 11.2 Å². The van der Waals surface area contributed by atoms with E-state index in [0.29, 0.717) is 10.7 Å². The average molecular weight is 327 g/mol. The molecule has 0 amide bonds. The molecule has 0 spiro atoms. The van der Waals surface area contributed by atoms with Gasteiger partial charge in [-0.05, 0) is 42.2 Å². The van der Waals surface area contributed by atoms with Crippen LogP contribution in [-0.2, 0) is 5.41 Å². The van der Waals surface area contributed by atoms with E-state index < -0.39 is 0 Å². The molecule has 0 aliphatic carbocycles. The molecule has 0 saturated carbocycles. The van der Waals surface area contributed by atoms with Crippen LogP contribution < -0.4 is 15.6 Å². The minimum Gasteiger partial charge on any atom is -0.505 e. The number of fused-ring (bicyclic) bond motifs is 1. The van der Waals surface area contributed by atoms with Gasteiger partial charge in [-0.1, -0.05) is 44.2 Å². The van der Waals surface area contributed by atoms with E-state index in [1.165, 1.54) is 0 Å². The second-order valence-electron chi connectivity index (χ2n) is 6.81. The molecule has 0 bridgehead atoms. The normalized spacial score (nSPS) is 13.3. The molecule has 0 fully saturated rings. The Hall–Kier alpha value is -2.22. The number of anilines is 1.